The van der Waals surface area contributed by atoms with Gasteiger partial charge in [0.05, 0.1) is 31.5 Å². The van der Waals surface area contributed by atoms with Gasteiger partial charge >= 0.3 is 12.0 Å². The summed E-state index contributed by atoms with van der Waals surface area (Å²) in [5.41, 5.74) is 5.03. The van der Waals surface area contributed by atoms with E-state index < -0.39 is 24.3 Å². The van der Waals surface area contributed by atoms with Gasteiger partial charge < -0.3 is 34.7 Å². The van der Waals surface area contributed by atoms with Gasteiger partial charge in [0.25, 0.3) is 0 Å². The van der Waals surface area contributed by atoms with Crippen molar-refractivity contribution in [3.05, 3.63) is 101 Å². The highest BCUT2D eigenvalue weighted by Gasteiger charge is 2.32. The van der Waals surface area contributed by atoms with E-state index in [0.717, 1.165) is 5.56 Å². The zero-order valence-electron chi connectivity index (χ0n) is 23.9. The van der Waals surface area contributed by atoms with Crippen LogP contribution in [0.3, 0.4) is 0 Å². The monoisotopic (exact) mass is 592 g/mol. The highest BCUT2D eigenvalue weighted by atomic mass is 19.1. The van der Waals surface area contributed by atoms with Gasteiger partial charge in [-0.1, -0.05) is 24.3 Å². The molecule has 0 radical (unpaired) electrons. The predicted octanol–water partition coefficient (Wildman–Crippen LogP) is 3.93. The molecule has 4 rings (SSSR count). The number of hydrazone groups is 1. The SMILES string of the molecule is CCOc1cc([C@H]2NC(=O)NC(C)=C2C(=O)OC)ccc1OC[C@H](O)N/N=C\c1ccc(OCc2ccccc2F)cc1. The van der Waals surface area contributed by atoms with Crippen molar-refractivity contribution in [2.75, 3.05) is 20.3 Å². The molecule has 3 aromatic rings. The van der Waals surface area contributed by atoms with Gasteiger partial charge in [0.2, 0.25) is 0 Å². The molecule has 0 bridgehead atoms. The minimum atomic E-state index is -1.14. The van der Waals surface area contributed by atoms with Crippen LogP contribution in [0.5, 0.6) is 17.2 Å². The van der Waals surface area contributed by atoms with Crippen LogP contribution in [0.1, 0.15) is 36.6 Å². The van der Waals surface area contributed by atoms with Crippen molar-refractivity contribution in [3.63, 3.8) is 0 Å². The van der Waals surface area contributed by atoms with Crippen molar-refractivity contribution in [1.29, 1.82) is 0 Å². The Bertz CT molecular complexity index is 1490. The third kappa shape index (κ3) is 8.23. The standard InChI is InChI=1S/C31H33FN4O7/c1-4-41-26-15-21(29-28(30(38)40-3)19(2)34-31(39)35-29)11-14-25(26)43-18-27(37)36-33-16-20-9-12-23(13-10-20)42-17-22-7-5-6-8-24(22)32/h5-16,27,29,36-37H,4,17-18H2,1-3H3,(H2,34,35,39)/b33-16-/t27-,29+/m0/s1. The highest BCUT2D eigenvalue weighted by molar-refractivity contribution is 5.95. The molecule has 0 unspecified atom stereocenters. The van der Waals surface area contributed by atoms with Crippen molar-refractivity contribution in [2.24, 2.45) is 5.10 Å². The van der Waals surface area contributed by atoms with Crippen LogP contribution in [0, 0.1) is 5.82 Å². The summed E-state index contributed by atoms with van der Waals surface area (Å²) in [4.78, 5) is 24.5. The molecule has 11 nitrogen and oxygen atoms in total. The summed E-state index contributed by atoms with van der Waals surface area (Å²) in [6, 6.07) is 17.2. The van der Waals surface area contributed by atoms with Crippen molar-refractivity contribution < 1.29 is 38.0 Å². The largest absolute Gasteiger partial charge is 0.490 e. The lowest BCUT2D eigenvalue weighted by molar-refractivity contribution is -0.136. The van der Waals surface area contributed by atoms with Crippen molar-refractivity contribution in [2.45, 2.75) is 32.7 Å². The van der Waals surface area contributed by atoms with E-state index in [2.05, 4.69) is 21.2 Å². The smallest absolute Gasteiger partial charge is 0.337 e. The van der Waals surface area contributed by atoms with Crippen molar-refractivity contribution in [1.82, 2.24) is 16.1 Å². The maximum atomic E-state index is 13.8. The van der Waals surface area contributed by atoms with E-state index in [-0.39, 0.29) is 24.6 Å². The molecular weight excluding hydrogens is 559 g/mol. The minimum absolute atomic E-state index is 0.113. The molecule has 0 aliphatic carbocycles. The molecule has 0 saturated heterocycles. The van der Waals surface area contributed by atoms with Gasteiger partial charge in [0.1, 0.15) is 24.8 Å². The molecule has 3 aromatic carbocycles. The number of hydrogen-bond donors (Lipinski definition) is 4. The Morgan fingerprint density at radius 3 is 2.58 bits per heavy atom. The summed E-state index contributed by atoms with van der Waals surface area (Å²) in [6.45, 7) is 3.71. The summed E-state index contributed by atoms with van der Waals surface area (Å²) in [5.74, 6) is 0.393. The Morgan fingerprint density at radius 1 is 1.09 bits per heavy atom. The molecule has 43 heavy (non-hydrogen) atoms. The van der Waals surface area contributed by atoms with E-state index in [0.29, 0.717) is 40.7 Å². The van der Waals surface area contributed by atoms with Gasteiger partial charge in [-0.2, -0.15) is 5.10 Å². The average molecular weight is 593 g/mol. The number of aliphatic hydroxyl groups is 1. The van der Waals surface area contributed by atoms with E-state index in [1.165, 1.54) is 19.4 Å². The number of benzene rings is 3. The number of urea groups is 1. The third-order valence-corrected chi connectivity index (χ3v) is 6.34. The van der Waals surface area contributed by atoms with Gasteiger partial charge in [-0.3, -0.25) is 5.43 Å². The van der Waals surface area contributed by atoms with Crippen molar-refractivity contribution >= 4 is 18.2 Å². The second kappa shape index (κ2) is 14.7. The van der Waals surface area contributed by atoms with Crippen LogP contribution in [-0.4, -0.2) is 49.9 Å². The number of methoxy groups -OCH3 is 1. The summed E-state index contributed by atoms with van der Waals surface area (Å²) in [7, 11) is 1.27. The number of aliphatic hydroxyl groups excluding tert-OH is 1. The van der Waals surface area contributed by atoms with Gasteiger partial charge in [0, 0.05) is 11.3 Å². The maximum Gasteiger partial charge on any atom is 0.337 e. The number of rotatable bonds is 13. The first-order valence-corrected chi connectivity index (χ1v) is 13.5. The number of hydrogen-bond acceptors (Lipinski definition) is 9. The van der Waals surface area contributed by atoms with Crippen LogP contribution in [-0.2, 0) is 16.1 Å². The molecule has 1 aliphatic heterocycles. The van der Waals surface area contributed by atoms with Gasteiger partial charge in [-0.05, 0) is 67.4 Å². The van der Waals surface area contributed by atoms with Crippen LogP contribution >= 0.6 is 0 Å². The molecular formula is C31H33FN4O7. The Kier molecular flexibility index (Phi) is 10.5. The summed E-state index contributed by atoms with van der Waals surface area (Å²) >= 11 is 0. The van der Waals surface area contributed by atoms with Gasteiger partial charge in [0.15, 0.2) is 17.7 Å². The van der Waals surface area contributed by atoms with Crippen LogP contribution in [0.15, 0.2) is 83.1 Å². The van der Waals surface area contributed by atoms with Crippen molar-refractivity contribution in [3.8, 4) is 17.2 Å². The normalized spacial score (nSPS) is 15.4. The Balaban J connectivity index is 1.33. The highest BCUT2D eigenvalue weighted by Crippen LogP contribution is 2.35. The fourth-order valence-corrected chi connectivity index (χ4v) is 4.25. The van der Waals surface area contributed by atoms with Crippen LogP contribution in [0.25, 0.3) is 0 Å². The number of halogens is 1. The number of carbonyl (C=O) groups excluding carboxylic acids is 2. The quantitative estimate of drug-likeness (QED) is 0.101. The third-order valence-electron chi connectivity index (χ3n) is 6.34. The van der Waals surface area contributed by atoms with Crippen LogP contribution < -0.4 is 30.3 Å². The Morgan fingerprint density at radius 2 is 1.86 bits per heavy atom. The molecule has 4 N–H and O–H groups in total. The predicted molar refractivity (Wildman–Crippen MR) is 156 cm³/mol. The molecule has 2 amide bonds. The number of esters is 1. The molecule has 0 fully saturated rings. The lowest BCUT2D eigenvalue weighted by Crippen LogP contribution is -2.45. The second-order valence-electron chi connectivity index (χ2n) is 9.36. The number of nitrogens with zero attached hydrogens (tertiary/aromatic N) is 1. The molecule has 0 spiro atoms. The van der Waals surface area contributed by atoms with E-state index in [4.69, 9.17) is 18.9 Å². The lowest BCUT2D eigenvalue weighted by Gasteiger charge is -2.28. The first-order chi connectivity index (χ1) is 20.8. The van der Waals surface area contributed by atoms with E-state index in [1.807, 2.05) is 0 Å². The van der Waals surface area contributed by atoms with E-state index >= 15 is 0 Å². The lowest BCUT2D eigenvalue weighted by atomic mass is 9.95. The van der Waals surface area contributed by atoms with Crippen LogP contribution in [0.4, 0.5) is 9.18 Å². The Hall–Kier alpha value is -5.10. The average Bonchev–Trinajstić information content (AvgIpc) is 3.00. The molecule has 12 heteroatoms. The Labute approximate surface area is 248 Å². The molecule has 226 valence electrons. The molecule has 2 atom stereocenters. The molecule has 1 heterocycles. The molecule has 0 saturated carbocycles. The summed E-state index contributed by atoms with van der Waals surface area (Å²) in [5, 5.41) is 19.7. The topological polar surface area (TPSA) is 140 Å². The number of nitrogens with one attached hydrogen (secondary N) is 3. The maximum absolute atomic E-state index is 13.8. The summed E-state index contributed by atoms with van der Waals surface area (Å²) < 4.78 is 35.8. The minimum Gasteiger partial charge on any atom is -0.490 e. The molecule has 1 aliphatic rings. The number of carbonyl (C=O) groups is 2. The fraction of sp³-hybridized carbons (Fsp3) is 0.258. The first kappa shape index (κ1) is 30.8. The van der Waals surface area contributed by atoms with Gasteiger partial charge in [-0.25, -0.2) is 14.0 Å². The zero-order valence-corrected chi connectivity index (χ0v) is 23.9. The second-order valence-corrected chi connectivity index (χ2v) is 9.36. The van der Waals surface area contributed by atoms with E-state index in [1.54, 1.807) is 74.5 Å². The van der Waals surface area contributed by atoms with E-state index in [9.17, 15) is 19.1 Å². The fourth-order valence-electron chi connectivity index (χ4n) is 4.25. The van der Waals surface area contributed by atoms with Gasteiger partial charge in [-0.15, -0.1) is 0 Å². The number of ether oxygens (including phenoxy) is 4. The molecule has 0 aromatic heterocycles. The summed E-state index contributed by atoms with van der Waals surface area (Å²) in [6.07, 6.45) is 0.375. The van der Waals surface area contributed by atoms with Crippen LogP contribution in [0.2, 0.25) is 0 Å². The number of allylic oxidation sites excluding steroid dienone is 1. The zero-order chi connectivity index (χ0) is 30.8. The first-order valence-electron chi connectivity index (χ1n) is 13.5. The number of amides is 2.